The van der Waals surface area contributed by atoms with Crippen molar-refractivity contribution in [2.24, 2.45) is 0 Å². The van der Waals surface area contributed by atoms with Crippen molar-refractivity contribution < 1.29 is 9.53 Å². The average molecular weight is 284 g/mol. The Balaban J connectivity index is 2.36. The van der Waals surface area contributed by atoms with E-state index in [-0.39, 0.29) is 5.91 Å². The van der Waals surface area contributed by atoms with Crippen LogP contribution in [0.2, 0.25) is 0 Å². The van der Waals surface area contributed by atoms with E-state index < -0.39 is 4.32 Å². The second kappa shape index (κ2) is 4.09. The van der Waals surface area contributed by atoms with Gasteiger partial charge in [-0.2, -0.15) is 0 Å². The lowest BCUT2D eigenvalue weighted by Gasteiger charge is -2.33. The standard InChI is InChI=1S/C12H14BrNO2/c1-12(2,13)11(15)14-7-8-16-10-6-4-3-5-9(10)14/h3-6H,7-8H2,1-2H3. The monoisotopic (exact) mass is 283 g/mol. The highest BCUT2D eigenvalue weighted by atomic mass is 79.9. The zero-order chi connectivity index (χ0) is 11.8. The highest BCUT2D eigenvalue weighted by molar-refractivity contribution is 9.10. The Morgan fingerprint density at radius 2 is 2.12 bits per heavy atom. The molecule has 16 heavy (non-hydrogen) atoms. The molecular weight excluding hydrogens is 270 g/mol. The number of para-hydroxylation sites is 2. The van der Waals surface area contributed by atoms with E-state index >= 15 is 0 Å². The van der Waals surface area contributed by atoms with E-state index in [1.54, 1.807) is 4.90 Å². The third-order valence-corrected chi connectivity index (χ3v) is 2.82. The van der Waals surface area contributed by atoms with E-state index in [0.29, 0.717) is 13.2 Å². The van der Waals surface area contributed by atoms with Crippen LogP contribution in [-0.2, 0) is 4.79 Å². The summed E-state index contributed by atoms with van der Waals surface area (Å²) in [5, 5.41) is 0. The number of carbonyl (C=O) groups excluding carboxylic acids is 1. The molecule has 1 aromatic rings. The van der Waals surface area contributed by atoms with Gasteiger partial charge in [-0.25, -0.2) is 0 Å². The fraction of sp³-hybridized carbons (Fsp3) is 0.417. The number of rotatable bonds is 1. The van der Waals surface area contributed by atoms with E-state index in [0.717, 1.165) is 11.4 Å². The van der Waals surface area contributed by atoms with Crippen LogP contribution in [0.5, 0.6) is 5.75 Å². The van der Waals surface area contributed by atoms with Crippen molar-refractivity contribution in [1.29, 1.82) is 0 Å². The van der Waals surface area contributed by atoms with Gasteiger partial charge in [-0.1, -0.05) is 28.1 Å². The van der Waals surface area contributed by atoms with Crippen molar-refractivity contribution >= 4 is 27.5 Å². The van der Waals surface area contributed by atoms with Gasteiger partial charge in [0.25, 0.3) is 0 Å². The lowest BCUT2D eigenvalue weighted by molar-refractivity contribution is -0.120. The van der Waals surface area contributed by atoms with Gasteiger partial charge < -0.3 is 9.64 Å². The number of fused-ring (bicyclic) bond motifs is 1. The predicted molar refractivity (Wildman–Crippen MR) is 67.3 cm³/mol. The van der Waals surface area contributed by atoms with Gasteiger partial charge in [0.05, 0.1) is 16.6 Å². The van der Waals surface area contributed by atoms with Crippen LogP contribution >= 0.6 is 15.9 Å². The Morgan fingerprint density at radius 1 is 1.44 bits per heavy atom. The summed E-state index contributed by atoms with van der Waals surface area (Å²) in [5.41, 5.74) is 0.853. The molecule has 1 amide bonds. The number of amides is 1. The topological polar surface area (TPSA) is 29.5 Å². The molecule has 0 radical (unpaired) electrons. The maximum absolute atomic E-state index is 12.2. The third-order valence-electron chi connectivity index (χ3n) is 2.48. The largest absolute Gasteiger partial charge is 0.490 e. The molecule has 86 valence electrons. The van der Waals surface area contributed by atoms with Gasteiger partial charge in [0, 0.05) is 0 Å². The minimum absolute atomic E-state index is 0.0586. The molecule has 1 aromatic carbocycles. The van der Waals surface area contributed by atoms with E-state index in [4.69, 9.17) is 4.74 Å². The Labute approximate surface area is 104 Å². The minimum Gasteiger partial charge on any atom is -0.490 e. The smallest absolute Gasteiger partial charge is 0.243 e. The zero-order valence-electron chi connectivity index (χ0n) is 9.37. The summed E-state index contributed by atoms with van der Waals surface area (Å²) in [6.07, 6.45) is 0. The first-order chi connectivity index (χ1) is 7.50. The first-order valence-electron chi connectivity index (χ1n) is 5.23. The molecule has 0 unspecified atom stereocenters. The van der Waals surface area contributed by atoms with Gasteiger partial charge in [0.2, 0.25) is 5.91 Å². The second-order valence-electron chi connectivity index (χ2n) is 4.25. The van der Waals surface area contributed by atoms with E-state index in [9.17, 15) is 4.79 Å². The van der Waals surface area contributed by atoms with Gasteiger partial charge in [-0.3, -0.25) is 4.79 Å². The quantitative estimate of drug-likeness (QED) is 0.742. The maximum atomic E-state index is 12.2. The highest BCUT2D eigenvalue weighted by Gasteiger charge is 2.32. The molecular formula is C12H14BrNO2. The van der Waals surface area contributed by atoms with Crippen molar-refractivity contribution in [2.45, 2.75) is 18.2 Å². The Kier molecular flexibility index (Phi) is 2.93. The number of nitrogens with zero attached hydrogens (tertiary/aromatic N) is 1. The molecule has 1 aliphatic rings. The first kappa shape index (κ1) is 11.5. The summed E-state index contributed by atoms with van der Waals surface area (Å²) < 4.78 is 4.96. The summed E-state index contributed by atoms with van der Waals surface area (Å²) in [6.45, 7) is 4.86. The molecule has 0 atom stereocenters. The van der Waals surface area contributed by atoms with Crippen LogP contribution in [0.15, 0.2) is 24.3 Å². The lowest BCUT2D eigenvalue weighted by atomic mass is 10.1. The van der Waals surface area contributed by atoms with Crippen molar-refractivity contribution in [2.75, 3.05) is 18.1 Å². The zero-order valence-corrected chi connectivity index (χ0v) is 11.0. The Bertz CT molecular complexity index is 412. The number of hydrogen-bond donors (Lipinski definition) is 0. The number of alkyl halides is 1. The summed E-state index contributed by atoms with van der Waals surface area (Å²) in [4.78, 5) is 14.0. The summed E-state index contributed by atoms with van der Waals surface area (Å²) in [5.74, 6) is 0.835. The molecule has 3 nitrogen and oxygen atoms in total. The van der Waals surface area contributed by atoms with Crippen molar-refractivity contribution in [3.05, 3.63) is 24.3 Å². The fourth-order valence-electron chi connectivity index (χ4n) is 1.70. The van der Waals surface area contributed by atoms with E-state index in [1.807, 2.05) is 38.1 Å². The van der Waals surface area contributed by atoms with Crippen LogP contribution in [0.4, 0.5) is 5.69 Å². The number of carbonyl (C=O) groups is 1. The van der Waals surface area contributed by atoms with E-state index in [1.165, 1.54) is 0 Å². The number of halogens is 1. The molecule has 0 aromatic heterocycles. The highest BCUT2D eigenvalue weighted by Crippen LogP contribution is 2.33. The van der Waals surface area contributed by atoms with Gasteiger partial charge in [-0.15, -0.1) is 0 Å². The molecule has 0 bridgehead atoms. The van der Waals surface area contributed by atoms with Crippen LogP contribution < -0.4 is 9.64 Å². The Morgan fingerprint density at radius 3 is 2.81 bits per heavy atom. The summed E-state index contributed by atoms with van der Waals surface area (Å²) >= 11 is 3.40. The molecule has 2 rings (SSSR count). The molecule has 0 fully saturated rings. The van der Waals surface area contributed by atoms with Crippen molar-refractivity contribution in [3.8, 4) is 5.75 Å². The minimum atomic E-state index is -0.544. The molecule has 0 aliphatic carbocycles. The van der Waals surface area contributed by atoms with Crippen molar-refractivity contribution in [3.63, 3.8) is 0 Å². The lowest BCUT2D eigenvalue weighted by Crippen LogP contribution is -2.45. The van der Waals surface area contributed by atoms with Crippen LogP contribution in [0, 0.1) is 0 Å². The molecule has 0 saturated heterocycles. The number of benzene rings is 1. The predicted octanol–water partition coefficient (Wildman–Crippen LogP) is 2.59. The van der Waals surface area contributed by atoms with Crippen LogP contribution in [0.3, 0.4) is 0 Å². The van der Waals surface area contributed by atoms with Crippen LogP contribution in [0.25, 0.3) is 0 Å². The summed E-state index contributed by atoms with van der Waals surface area (Å²) in [6, 6.07) is 7.61. The van der Waals surface area contributed by atoms with E-state index in [2.05, 4.69) is 15.9 Å². The normalized spacial score (nSPS) is 15.3. The number of hydrogen-bond acceptors (Lipinski definition) is 2. The van der Waals surface area contributed by atoms with Gasteiger partial charge in [-0.05, 0) is 26.0 Å². The number of anilines is 1. The van der Waals surface area contributed by atoms with Gasteiger partial charge in [0.1, 0.15) is 12.4 Å². The first-order valence-corrected chi connectivity index (χ1v) is 6.02. The molecule has 1 aliphatic heterocycles. The molecule has 4 heteroatoms. The SMILES string of the molecule is CC(C)(Br)C(=O)N1CCOc2ccccc21. The van der Waals surface area contributed by atoms with Gasteiger partial charge in [0.15, 0.2) is 0 Å². The molecule has 0 spiro atoms. The van der Waals surface area contributed by atoms with Crippen LogP contribution in [0.1, 0.15) is 13.8 Å². The third kappa shape index (κ3) is 2.07. The van der Waals surface area contributed by atoms with Gasteiger partial charge >= 0.3 is 0 Å². The Hall–Kier alpha value is -1.03. The van der Waals surface area contributed by atoms with Crippen LogP contribution in [-0.4, -0.2) is 23.4 Å². The maximum Gasteiger partial charge on any atom is 0.243 e. The second-order valence-corrected chi connectivity index (χ2v) is 6.23. The fourth-order valence-corrected chi connectivity index (χ4v) is 1.92. The summed E-state index contributed by atoms with van der Waals surface area (Å²) in [7, 11) is 0. The van der Waals surface area contributed by atoms with Crippen molar-refractivity contribution in [1.82, 2.24) is 0 Å². The molecule has 0 N–H and O–H groups in total. The molecule has 1 heterocycles. The number of ether oxygens (including phenoxy) is 1. The average Bonchev–Trinajstić information content (AvgIpc) is 2.26. The molecule has 0 saturated carbocycles.